The van der Waals surface area contributed by atoms with E-state index in [1.165, 1.54) is 0 Å². The Bertz CT molecular complexity index is 1320. The molecule has 0 spiro atoms. The highest BCUT2D eigenvalue weighted by Crippen LogP contribution is 2.43. The highest BCUT2D eigenvalue weighted by molar-refractivity contribution is 6.05. The summed E-state index contributed by atoms with van der Waals surface area (Å²) in [6.45, 7) is 12.6. The Balaban J connectivity index is 2.03. The van der Waals surface area contributed by atoms with Crippen molar-refractivity contribution in [3.05, 3.63) is 77.4 Å². The van der Waals surface area contributed by atoms with Gasteiger partial charge in [-0.1, -0.05) is 83.9 Å². The van der Waals surface area contributed by atoms with Crippen LogP contribution in [0.3, 0.4) is 0 Å². The molecule has 1 radical (unpaired) electrons. The van der Waals surface area contributed by atoms with Gasteiger partial charge in [-0.15, -0.1) is 6.42 Å². The zero-order valence-electron chi connectivity index (χ0n) is 19.3. The number of rotatable bonds is 1. The topological polar surface area (TPSA) is 19.9 Å². The van der Waals surface area contributed by atoms with Gasteiger partial charge in [-0.25, -0.2) is 0 Å². The lowest BCUT2D eigenvalue weighted by Gasteiger charge is -2.27. The van der Waals surface area contributed by atoms with Crippen molar-refractivity contribution in [2.75, 3.05) is 0 Å². The van der Waals surface area contributed by atoms with Gasteiger partial charge in [0.1, 0.15) is 0 Å². The molecule has 0 aliphatic rings. The highest BCUT2D eigenvalue weighted by Gasteiger charge is 2.28. The highest BCUT2D eigenvalue weighted by atomic mass is 16.3. The van der Waals surface area contributed by atoms with Gasteiger partial charge < -0.3 is 0 Å². The van der Waals surface area contributed by atoms with Crippen molar-refractivity contribution >= 4 is 21.5 Å². The molecule has 0 aliphatic heterocycles. The summed E-state index contributed by atoms with van der Waals surface area (Å²) in [7, 11) is 0. The molecule has 0 heterocycles. The molecule has 0 saturated carbocycles. The third kappa shape index (κ3) is 3.68. The molecule has 155 valence electrons. The van der Waals surface area contributed by atoms with E-state index < -0.39 is 0 Å². The fourth-order valence-corrected chi connectivity index (χ4v) is 4.31. The van der Waals surface area contributed by atoms with E-state index in [2.05, 4.69) is 96.0 Å². The molecule has 1 heteroatoms. The van der Waals surface area contributed by atoms with E-state index in [0.29, 0.717) is 0 Å². The van der Waals surface area contributed by atoms with Gasteiger partial charge in [0, 0.05) is 16.7 Å². The van der Waals surface area contributed by atoms with E-state index in [-0.39, 0.29) is 16.6 Å². The van der Waals surface area contributed by atoms with Gasteiger partial charge in [0.15, 0.2) is 5.75 Å². The summed E-state index contributed by atoms with van der Waals surface area (Å²) in [6, 6.07) is 21.0. The molecular formula is C30H29O. The first-order chi connectivity index (χ1) is 14.5. The monoisotopic (exact) mass is 405 g/mol. The van der Waals surface area contributed by atoms with Crippen LogP contribution in [0.1, 0.15) is 58.2 Å². The third-order valence-corrected chi connectivity index (χ3v) is 6.05. The van der Waals surface area contributed by atoms with Crippen LogP contribution in [-0.4, -0.2) is 0 Å². The summed E-state index contributed by atoms with van der Waals surface area (Å²) >= 11 is 0. The number of terminal acetylenes is 1. The lowest BCUT2D eigenvalue weighted by Crippen LogP contribution is -2.17. The SMILES string of the molecule is C#Cc1c2ccccc2cc2ccc(-c3cc(C(C)(C)C)c([O])c(C(C)(C)C)c3)cc12. The zero-order chi connectivity index (χ0) is 22.6. The third-order valence-electron chi connectivity index (χ3n) is 6.05. The number of benzene rings is 4. The molecule has 1 nitrogen and oxygen atoms in total. The summed E-state index contributed by atoms with van der Waals surface area (Å²) < 4.78 is 0. The fourth-order valence-electron chi connectivity index (χ4n) is 4.31. The Morgan fingerprint density at radius 1 is 0.677 bits per heavy atom. The fraction of sp³-hybridized carbons (Fsp3) is 0.267. The summed E-state index contributed by atoms with van der Waals surface area (Å²) in [5, 5.41) is 17.7. The average molecular weight is 406 g/mol. The van der Waals surface area contributed by atoms with Crippen molar-refractivity contribution in [1.82, 2.24) is 0 Å². The van der Waals surface area contributed by atoms with Crippen molar-refractivity contribution in [2.24, 2.45) is 0 Å². The van der Waals surface area contributed by atoms with Gasteiger partial charge in [-0.3, -0.25) is 5.11 Å². The predicted octanol–water partition coefficient (Wildman–Crippen LogP) is 8.38. The van der Waals surface area contributed by atoms with Crippen LogP contribution in [-0.2, 0) is 15.9 Å². The zero-order valence-corrected chi connectivity index (χ0v) is 19.3. The molecule has 4 aromatic carbocycles. The number of fused-ring (bicyclic) bond motifs is 2. The maximum Gasteiger partial charge on any atom is 0.186 e. The van der Waals surface area contributed by atoms with Gasteiger partial charge in [0.25, 0.3) is 0 Å². The van der Waals surface area contributed by atoms with Crippen molar-refractivity contribution in [3.63, 3.8) is 0 Å². The lowest BCUT2D eigenvalue weighted by atomic mass is 9.77. The minimum Gasteiger partial charge on any atom is -0.289 e. The normalized spacial score (nSPS) is 12.3. The molecule has 0 aromatic heterocycles. The second-order valence-corrected chi connectivity index (χ2v) is 10.5. The smallest absolute Gasteiger partial charge is 0.186 e. The van der Waals surface area contributed by atoms with Gasteiger partial charge in [-0.05, 0) is 67.8 Å². The van der Waals surface area contributed by atoms with Gasteiger partial charge in [0.2, 0.25) is 0 Å². The summed E-state index contributed by atoms with van der Waals surface area (Å²) in [6.07, 6.45) is 5.96. The first-order valence-corrected chi connectivity index (χ1v) is 10.8. The number of hydrogen-bond acceptors (Lipinski definition) is 0. The van der Waals surface area contributed by atoms with E-state index in [4.69, 9.17) is 6.42 Å². The Hall–Kier alpha value is -3.24. The second-order valence-electron chi connectivity index (χ2n) is 10.5. The molecule has 0 fully saturated rings. The minimum absolute atomic E-state index is 0.153. The van der Waals surface area contributed by atoms with Crippen LogP contribution < -0.4 is 0 Å². The molecule has 0 atom stereocenters. The van der Waals surface area contributed by atoms with Crippen LogP contribution in [0.4, 0.5) is 0 Å². The molecule has 0 aliphatic carbocycles. The van der Waals surface area contributed by atoms with Crippen molar-refractivity contribution in [3.8, 4) is 29.2 Å². The molecule has 4 rings (SSSR count). The maximum absolute atomic E-state index is 13.3. The largest absolute Gasteiger partial charge is 0.289 e. The molecule has 4 aromatic rings. The van der Waals surface area contributed by atoms with Crippen LogP contribution in [0.2, 0.25) is 0 Å². The molecular weight excluding hydrogens is 376 g/mol. The van der Waals surface area contributed by atoms with Crippen LogP contribution in [0.25, 0.3) is 32.7 Å². The van der Waals surface area contributed by atoms with E-state index >= 15 is 0 Å². The van der Waals surface area contributed by atoms with Crippen LogP contribution in [0, 0.1) is 12.3 Å². The predicted molar refractivity (Wildman–Crippen MR) is 132 cm³/mol. The van der Waals surface area contributed by atoms with Crippen molar-refractivity contribution < 1.29 is 5.11 Å². The summed E-state index contributed by atoms with van der Waals surface area (Å²) in [4.78, 5) is 0. The first kappa shape index (κ1) is 21.0. The maximum atomic E-state index is 13.3. The quantitative estimate of drug-likeness (QED) is 0.224. The average Bonchev–Trinajstić information content (AvgIpc) is 2.70. The molecule has 0 saturated heterocycles. The Labute approximate surface area is 185 Å². The van der Waals surface area contributed by atoms with Crippen molar-refractivity contribution in [1.29, 1.82) is 0 Å². The molecule has 0 amide bonds. The van der Waals surface area contributed by atoms with Gasteiger partial charge in [-0.2, -0.15) is 0 Å². The molecule has 31 heavy (non-hydrogen) atoms. The molecule has 0 unspecified atom stereocenters. The van der Waals surface area contributed by atoms with Crippen molar-refractivity contribution in [2.45, 2.75) is 52.4 Å². The summed E-state index contributed by atoms with van der Waals surface area (Å²) in [5.74, 6) is 3.07. The Kier molecular flexibility index (Phi) is 4.86. The van der Waals surface area contributed by atoms with Gasteiger partial charge in [0.05, 0.1) is 0 Å². The van der Waals surface area contributed by atoms with Gasteiger partial charge >= 0.3 is 0 Å². The van der Waals surface area contributed by atoms with Crippen LogP contribution >= 0.6 is 0 Å². The minimum atomic E-state index is -0.232. The lowest BCUT2D eigenvalue weighted by molar-refractivity contribution is 0.327. The van der Waals surface area contributed by atoms with E-state index in [0.717, 1.165) is 49.4 Å². The Morgan fingerprint density at radius 2 is 1.26 bits per heavy atom. The van der Waals surface area contributed by atoms with E-state index in [1.807, 2.05) is 12.1 Å². The Morgan fingerprint density at radius 3 is 1.84 bits per heavy atom. The van der Waals surface area contributed by atoms with E-state index in [9.17, 15) is 5.11 Å². The number of hydrogen-bond donors (Lipinski definition) is 0. The van der Waals surface area contributed by atoms with Crippen LogP contribution in [0.15, 0.2) is 60.7 Å². The van der Waals surface area contributed by atoms with E-state index in [1.54, 1.807) is 0 Å². The second kappa shape index (κ2) is 7.17. The summed E-state index contributed by atoms with van der Waals surface area (Å²) in [5.41, 5.74) is 4.30. The molecule has 0 bridgehead atoms. The molecule has 0 N–H and O–H groups in total. The van der Waals surface area contributed by atoms with Crippen LogP contribution in [0.5, 0.6) is 5.75 Å². The first-order valence-electron chi connectivity index (χ1n) is 10.8. The standard InChI is InChI=1S/C30H29O/c1-8-23-24-12-10-9-11-20(24)15-21-14-13-19(16-25(21)23)22-17-26(29(2,3)4)28(31)27(18-22)30(5,6)7/h1,9-18H,2-7H3.